The lowest BCUT2D eigenvalue weighted by Crippen LogP contribution is -2.06. The van der Waals surface area contributed by atoms with E-state index in [0.717, 1.165) is 10.8 Å². The highest BCUT2D eigenvalue weighted by molar-refractivity contribution is 7.99. The molecule has 0 fully saturated rings. The third-order valence-electron chi connectivity index (χ3n) is 1.61. The Labute approximate surface area is 86.8 Å². The number of aromatic nitrogens is 1. The molecule has 2 N–H and O–H groups in total. The van der Waals surface area contributed by atoms with Gasteiger partial charge in [0.15, 0.2) is 0 Å². The van der Waals surface area contributed by atoms with Gasteiger partial charge in [0.2, 0.25) is 0 Å². The van der Waals surface area contributed by atoms with Gasteiger partial charge >= 0.3 is 5.97 Å². The average Bonchev–Trinajstić information content (AvgIpc) is 2.20. The van der Waals surface area contributed by atoms with E-state index in [1.165, 1.54) is 13.3 Å². The molecule has 0 atom stereocenters. The molecule has 0 aliphatic carbocycles. The van der Waals surface area contributed by atoms with E-state index in [1.807, 2.05) is 6.92 Å². The Balaban J connectivity index is 3.01. The molecule has 76 valence electrons. The molecule has 0 saturated carbocycles. The molecule has 5 heteroatoms. The van der Waals surface area contributed by atoms with Crippen LogP contribution in [-0.4, -0.2) is 23.8 Å². The van der Waals surface area contributed by atoms with Crippen LogP contribution in [0.5, 0.6) is 0 Å². The maximum Gasteiger partial charge on any atom is 0.340 e. The van der Waals surface area contributed by atoms with Crippen LogP contribution in [0.1, 0.15) is 17.3 Å². The van der Waals surface area contributed by atoms with E-state index in [0.29, 0.717) is 11.3 Å². The number of pyridine rings is 1. The van der Waals surface area contributed by atoms with Gasteiger partial charge in [0, 0.05) is 0 Å². The van der Waals surface area contributed by atoms with Gasteiger partial charge in [-0.1, -0.05) is 6.92 Å². The molecule has 0 aliphatic rings. The van der Waals surface area contributed by atoms with Crippen molar-refractivity contribution in [3.8, 4) is 0 Å². The summed E-state index contributed by atoms with van der Waals surface area (Å²) in [4.78, 5) is 15.3. The third-order valence-corrected chi connectivity index (χ3v) is 2.41. The molecular formula is C9H12N2O2S. The van der Waals surface area contributed by atoms with Gasteiger partial charge in [0.05, 0.1) is 29.6 Å². The summed E-state index contributed by atoms with van der Waals surface area (Å²) >= 11 is 1.55. The minimum Gasteiger partial charge on any atom is -0.465 e. The van der Waals surface area contributed by atoms with Gasteiger partial charge in [0.25, 0.3) is 0 Å². The summed E-state index contributed by atoms with van der Waals surface area (Å²) in [6.45, 7) is 2.01. The molecule has 1 heterocycles. The van der Waals surface area contributed by atoms with E-state index in [-0.39, 0.29) is 0 Å². The Morgan fingerprint density at radius 1 is 1.71 bits per heavy atom. The summed E-state index contributed by atoms with van der Waals surface area (Å²) in [6.07, 6.45) is 1.48. The Morgan fingerprint density at radius 3 is 3.00 bits per heavy atom. The molecule has 14 heavy (non-hydrogen) atoms. The van der Waals surface area contributed by atoms with Gasteiger partial charge in [-0.05, 0) is 11.8 Å². The van der Waals surface area contributed by atoms with Gasteiger partial charge in [-0.25, -0.2) is 9.78 Å². The second-order valence-electron chi connectivity index (χ2n) is 2.53. The molecule has 1 aromatic heterocycles. The average molecular weight is 212 g/mol. The number of methoxy groups -OCH3 is 1. The van der Waals surface area contributed by atoms with Crippen molar-refractivity contribution in [3.63, 3.8) is 0 Å². The van der Waals surface area contributed by atoms with Gasteiger partial charge in [-0.15, -0.1) is 11.8 Å². The minimum absolute atomic E-state index is 0.345. The van der Waals surface area contributed by atoms with Gasteiger partial charge in [-0.2, -0.15) is 0 Å². The quantitative estimate of drug-likeness (QED) is 0.608. The molecule has 0 spiro atoms. The number of carbonyl (C=O) groups is 1. The molecule has 0 aromatic carbocycles. The fourth-order valence-corrected chi connectivity index (χ4v) is 1.58. The van der Waals surface area contributed by atoms with Gasteiger partial charge in [0.1, 0.15) is 0 Å². The van der Waals surface area contributed by atoms with Crippen molar-refractivity contribution in [1.82, 2.24) is 4.98 Å². The number of anilines is 1. The van der Waals surface area contributed by atoms with Gasteiger partial charge < -0.3 is 10.5 Å². The van der Waals surface area contributed by atoms with Crippen molar-refractivity contribution in [3.05, 3.63) is 17.8 Å². The summed E-state index contributed by atoms with van der Waals surface area (Å²) < 4.78 is 4.59. The van der Waals surface area contributed by atoms with Crippen LogP contribution in [0.4, 0.5) is 5.69 Å². The molecule has 0 amide bonds. The zero-order valence-corrected chi connectivity index (χ0v) is 8.93. The topological polar surface area (TPSA) is 65.2 Å². The third kappa shape index (κ3) is 2.38. The number of esters is 1. The molecule has 1 rings (SSSR count). The zero-order valence-electron chi connectivity index (χ0n) is 8.11. The number of nitrogen functional groups attached to an aromatic ring is 1. The largest absolute Gasteiger partial charge is 0.465 e. The maximum atomic E-state index is 11.3. The molecule has 0 unspecified atom stereocenters. The second kappa shape index (κ2) is 4.85. The monoisotopic (exact) mass is 212 g/mol. The second-order valence-corrected chi connectivity index (χ2v) is 3.82. The van der Waals surface area contributed by atoms with Gasteiger partial charge in [-0.3, -0.25) is 0 Å². The molecule has 4 nitrogen and oxygen atoms in total. The number of hydrogen-bond donors (Lipinski definition) is 1. The predicted molar refractivity (Wildman–Crippen MR) is 56.4 cm³/mol. The number of rotatable bonds is 3. The summed E-state index contributed by atoms with van der Waals surface area (Å²) in [5.74, 6) is 0.472. The number of thioether (sulfide) groups is 1. The first-order valence-electron chi connectivity index (χ1n) is 4.15. The lowest BCUT2D eigenvalue weighted by atomic mass is 10.2. The number of hydrogen-bond acceptors (Lipinski definition) is 5. The minimum atomic E-state index is -0.428. The van der Waals surface area contributed by atoms with Crippen LogP contribution in [0, 0.1) is 0 Å². The number of nitrogens with zero attached hydrogens (tertiary/aromatic N) is 1. The van der Waals surface area contributed by atoms with Crippen LogP contribution in [-0.2, 0) is 4.74 Å². The Hall–Kier alpha value is -1.23. The van der Waals surface area contributed by atoms with E-state index in [9.17, 15) is 4.79 Å². The fourth-order valence-electron chi connectivity index (χ4n) is 0.960. The zero-order chi connectivity index (χ0) is 10.6. The van der Waals surface area contributed by atoms with Crippen molar-refractivity contribution >= 4 is 23.4 Å². The van der Waals surface area contributed by atoms with E-state index in [2.05, 4.69) is 9.72 Å². The molecule has 0 saturated heterocycles. The van der Waals surface area contributed by atoms with Crippen LogP contribution < -0.4 is 5.73 Å². The molecule has 1 aromatic rings. The lowest BCUT2D eigenvalue weighted by molar-refractivity contribution is 0.0601. The van der Waals surface area contributed by atoms with E-state index >= 15 is 0 Å². The van der Waals surface area contributed by atoms with Crippen molar-refractivity contribution < 1.29 is 9.53 Å². The first-order valence-corrected chi connectivity index (χ1v) is 5.14. The van der Waals surface area contributed by atoms with Crippen molar-refractivity contribution in [2.45, 2.75) is 11.9 Å². The molecular weight excluding hydrogens is 200 g/mol. The standard InChI is InChI=1S/C9H12N2O2S/c1-3-14-8-4-6(9(12)13-2)7(10)5-11-8/h4-5H,3,10H2,1-2H3. The summed E-state index contributed by atoms with van der Waals surface area (Å²) in [5, 5.41) is 0.780. The van der Waals surface area contributed by atoms with E-state index in [4.69, 9.17) is 5.73 Å². The SMILES string of the molecule is CCSc1cc(C(=O)OC)c(N)cn1. The van der Waals surface area contributed by atoms with Crippen molar-refractivity contribution in [2.75, 3.05) is 18.6 Å². The summed E-state index contributed by atoms with van der Waals surface area (Å²) in [6, 6.07) is 1.65. The molecule has 0 bridgehead atoms. The Morgan fingerprint density at radius 2 is 2.43 bits per heavy atom. The first-order chi connectivity index (χ1) is 6.69. The highest BCUT2D eigenvalue weighted by atomic mass is 32.2. The van der Waals surface area contributed by atoms with Crippen LogP contribution in [0.15, 0.2) is 17.3 Å². The van der Waals surface area contributed by atoms with Crippen LogP contribution in [0.2, 0.25) is 0 Å². The highest BCUT2D eigenvalue weighted by Crippen LogP contribution is 2.20. The molecule has 0 radical (unpaired) electrons. The predicted octanol–water partition coefficient (Wildman–Crippen LogP) is 1.56. The number of ether oxygens (including phenoxy) is 1. The first kappa shape index (κ1) is 10.8. The summed E-state index contributed by atoms with van der Waals surface area (Å²) in [7, 11) is 1.33. The number of nitrogens with two attached hydrogens (primary N) is 1. The van der Waals surface area contributed by atoms with Crippen LogP contribution >= 0.6 is 11.8 Å². The Bertz CT molecular complexity index is 342. The van der Waals surface area contributed by atoms with E-state index in [1.54, 1.807) is 17.8 Å². The molecule has 0 aliphatic heterocycles. The lowest BCUT2D eigenvalue weighted by Gasteiger charge is -2.04. The Kier molecular flexibility index (Phi) is 3.76. The highest BCUT2D eigenvalue weighted by Gasteiger charge is 2.11. The smallest absolute Gasteiger partial charge is 0.340 e. The summed E-state index contributed by atoms with van der Waals surface area (Å²) in [5.41, 5.74) is 6.31. The van der Waals surface area contributed by atoms with Crippen molar-refractivity contribution in [1.29, 1.82) is 0 Å². The van der Waals surface area contributed by atoms with E-state index < -0.39 is 5.97 Å². The van der Waals surface area contributed by atoms with Crippen LogP contribution in [0.25, 0.3) is 0 Å². The van der Waals surface area contributed by atoms with Crippen molar-refractivity contribution in [2.24, 2.45) is 0 Å². The fraction of sp³-hybridized carbons (Fsp3) is 0.333. The maximum absolute atomic E-state index is 11.3. The van der Waals surface area contributed by atoms with Crippen LogP contribution in [0.3, 0.4) is 0 Å². The number of carbonyl (C=O) groups excluding carboxylic acids is 1. The normalized spacial score (nSPS) is 9.86.